The summed E-state index contributed by atoms with van der Waals surface area (Å²) < 4.78 is 4.86. The van der Waals surface area contributed by atoms with Crippen molar-refractivity contribution in [1.29, 1.82) is 0 Å². The second-order valence-electron chi connectivity index (χ2n) is 10.5. The molecule has 1 aliphatic heterocycles. The summed E-state index contributed by atoms with van der Waals surface area (Å²) in [6, 6.07) is 7.35. The Kier molecular flexibility index (Phi) is 6.20. The fourth-order valence-corrected chi connectivity index (χ4v) is 7.32. The molecule has 33 heavy (non-hydrogen) atoms. The number of piperidine rings is 1. The molecular weight excluding hydrogens is 436 g/mol. The average Bonchev–Trinajstić information content (AvgIpc) is 2.78. The molecule has 5 aliphatic rings. The number of nitrogens with zero attached hydrogens (tertiary/aromatic N) is 1. The summed E-state index contributed by atoms with van der Waals surface area (Å²) in [5, 5.41) is 10.4. The van der Waals surface area contributed by atoms with E-state index in [2.05, 4.69) is 20.9 Å². The fourth-order valence-electron chi connectivity index (χ4n) is 7.03. The number of likely N-dealkylation sites (tertiary alicyclic amines) is 1. The van der Waals surface area contributed by atoms with E-state index in [-0.39, 0.29) is 17.6 Å². The Bertz CT molecular complexity index is 893. The number of urea groups is 1. The second-order valence-corrected chi connectivity index (χ2v) is 10.9. The number of carbonyl (C=O) groups excluding carboxylic acids is 2. The van der Waals surface area contributed by atoms with Gasteiger partial charge in [0.2, 0.25) is 0 Å². The summed E-state index contributed by atoms with van der Waals surface area (Å²) >= 11 is 5.60. The van der Waals surface area contributed by atoms with Crippen LogP contribution in [-0.2, 0) is 4.74 Å². The van der Waals surface area contributed by atoms with Gasteiger partial charge in [-0.3, -0.25) is 0 Å². The van der Waals surface area contributed by atoms with Gasteiger partial charge in [0.25, 0.3) is 0 Å². The van der Waals surface area contributed by atoms with Gasteiger partial charge in [-0.05, 0) is 93.5 Å². The highest BCUT2D eigenvalue weighted by Crippen LogP contribution is 2.55. The number of methoxy groups -OCH3 is 1. The van der Waals surface area contributed by atoms with E-state index in [0.29, 0.717) is 16.4 Å². The van der Waals surface area contributed by atoms with Crippen LogP contribution < -0.4 is 16.0 Å². The Labute approximate surface area is 201 Å². The third kappa shape index (κ3) is 4.81. The Morgan fingerprint density at radius 1 is 1.03 bits per heavy atom. The summed E-state index contributed by atoms with van der Waals surface area (Å²) in [6.45, 7) is 1.52. The van der Waals surface area contributed by atoms with Crippen molar-refractivity contribution in [1.82, 2.24) is 15.5 Å². The molecule has 4 bridgehead atoms. The van der Waals surface area contributed by atoms with E-state index < -0.39 is 5.97 Å². The first-order chi connectivity index (χ1) is 15.9. The molecule has 4 aliphatic carbocycles. The van der Waals surface area contributed by atoms with Crippen LogP contribution in [0.1, 0.15) is 61.7 Å². The minimum Gasteiger partial charge on any atom is -0.465 e. The number of esters is 1. The van der Waals surface area contributed by atoms with Gasteiger partial charge in [-0.1, -0.05) is 12.1 Å². The zero-order valence-corrected chi connectivity index (χ0v) is 20.1. The van der Waals surface area contributed by atoms with Gasteiger partial charge in [0.1, 0.15) is 0 Å². The van der Waals surface area contributed by atoms with Gasteiger partial charge >= 0.3 is 12.0 Å². The van der Waals surface area contributed by atoms with Gasteiger partial charge in [-0.15, -0.1) is 0 Å². The molecular formula is C25H34N4O3S. The van der Waals surface area contributed by atoms with Crippen molar-refractivity contribution >= 4 is 35.0 Å². The smallest absolute Gasteiger partial charge is 0.339 e. The molecule has 5 fully saturated rings. The van der Waals surface area contributed by atoms with E-state index >= 15 is 0 Å². The van der Waals surface area contributed by atoms with Crippen molar-refractivity contribution in [3.8, 4) is 0 Å². The van der Waals surface area contributed by atoms with Gasteiger partial charge in [-0.25, -0.2) is 9.59 Å². The van der Waals surface area contributed by atoms with E-state index in [1.54, 1.807) is 12.1 Å². The lowest BCUT2D eigenvalue weighted by molar-refractivity contribution is -0.0137. The van der Waals surface area contributed by atoms with Crippen LogP contribution >= 0.6 is 12.2 Å². The zero-order valence-electron chi connectivity index (χ0n) is 19.3. The highest BCUT2D eigenvalue weighted by molar-refractivity contribution is 7.80. The predicted octanol–water partition coefficient (Wildman–Crippen LogP) is 3.90. The molecule has 4 saturated carbocycles. The van der Waals surface area contributed by atoms with Crippen LogP contribution in [0.15, 0.2) is 24.3 Å². The summed E-state index contributed by atoms with van der Waals surface area (Å²) in [6.07, 6.45) is 9.30. The lowest BCUT2D eigenvalue weighted by Crippen LogP contribution is -2.62. The first kappa shape index (κ1) is 22.4. The van der Waals surface area contributed by atoms with E-state index in [1.807, 2.05) is 12.1 Å². The Hall–Kier alpha value is -2.35. The first-order valence-electron chi connectivity index (χ1n) is 12.2. The number of hydrogen-bond donors (Lipinski definition) is 3. The molecule has 0 atom stereocenters. The number of anilines is 1. The number of rotatable bonds is 4. The zero-order chi connectivity index (χ0) is 23.0. The maximum absolute atomic E-state index is 12.9. The van der Waals surface area contributed by atoms with Crippen LogP contribution in [0.2, 0.25) is 0 Å². The van der Waals surface area contributed by atoms with Crippen molar-refractivity contribution < 1.29 is 14.3 Å². The van der Waals surface area contributed by atoms with Gasteiger partial charge in [-0.2, -0.15) is 0 Å². The largest absolute Gasteiger partial charge is 0.465 e. The normalized spacial score (nSPS) is 30.6. The second kappa shape index (κ2) is 9.12. The standard InChI is InChI=1S/C25H34N4O3S/c1-32-22(30)20-4-2-3-5-21(20)27-24(33)29-8-6-19(7-9-29)26-23(31)28-25-13-16-10-17(14-25)12-18(11-16)15-25/h2-5,16-19H,6-15H2,1H3,(H,27,33)(H2,26,28,31). The SMILES string of the molecule is COC(=O)c1ccccc1NC(=S)N1CCC(NC(=O)NC23CC4CC(CC(C4)C2)C3)CC1. The molecule has 1 aromatic rings. The predicted molar refractivity (Wildman–Crippen MR) is 131 cm³/mol. The van der Waals surface area contributed by atoms with Crippen molar-refractivity contribution in [2.45, 2.75) is 62.9 Å². The summed E-state index contributed by atoms with van der Waals surface area (Å²) in [5.41, 5.74) is 1.14. The topological polar surface area (TPSA) is 82.7 Å². The lowest BCUT2D eigenvalue weighted by atomic mass is 9.53. The molecule has 1 saturated heterocycles. The molecule has 2 amide bonds. The number of benzene rings is 1. The van der Waals surface area contributed by atoms with Crippen LogP contribution in [-0.4, -0.2) is 53.8 Å². The Balaban J connectivity index is 1.10. The summed E-state index contributed by atoms with van der Waals surface area (Å²) in [7, 11) is 1.37. The van der Waals surface area contributed by atoms with Crippen molar-refractivity contribution in [2.75, 3.05) is 25.5 Å². The lowest BCUT2D eigenvalue weighted by Gasteiger charge is -2.56. The van der Waals surface area contributed by atoms with Crippen LogP contribution in [0.4, 0.5) is 10.5 Å². The molecule has 1 heterocycles. The molecule has 7 nitrogen and oxygen atoms in total. The number of thiocarbonyl (C=S) groups is 1. The molecule has 178 valence electrons. The minimum atomic E-state index is -0.395. The molecule has 3 N–H and O–H groups in total. The molecule has 0 spiro atoms. The highest BCUT2D eigenvalue weighted by atomic mass is 32.1. The minimum absolute atomic E-state index is 0.00288. The third-order valence-electron chi connectivity index (χ3n) is 8.11. The number of para-hydroxylation sites is 1. The maximum atomic E-state index is 12.9. The van der Waals surface area contributed by atoms with E-state index in [9.17, 15) is 9.59 Å². The first-order valence-corrected chi connectivity index (χ1v) is 12.7. The number of amides is 2. The summed E-state index contributed by atoms with van der Waals surface area (Å²) in [4.78, 5) is 27.0. The van der Waals surface area contributed by atoms with Crippen molar-refractivity contribution in [3.63, 3.8) is 0 Å². The van der Waals surface area contributed by atoms with E-state index in [4.69, 9.17) is 17.0 Å². The molecule has 8 heteroatoms. The number of nitrogens with one attached hydrogen (secondary N) is 3. The van der Waals surface area contributed by atoms with Gasteiger partial charge in [0, 0.05) is 24.7 Å². The molecule has 1 aromatic carbocycles. The monoisotopic (exact) mass is 470 g/mol. The third-order valence-corrected chi connectivity index (χ3v) is 8.47. The van der Waals surface area contributed by atoms with Gasteiger partial charge in [0.05, 0.1) is 18.4 Å². The van der Waals surface area contributed by atoms with Crippen LogP contribution in [0, 0.1) is 17.8 Å². The van der Waals surface area contributed by atoms with Crippen LogP contribution in [0.25, 0.3) is 0 Å². The molecule has 6 rings (SSSR count). The van der Waals surface area contributed by atoms with Crippen molar-refractivity contribution in [3.05, 3.63) is 29.8 Å². The van der Waals surface area contributed by atoms with Crippen molar-refractivity contribution in [2.24, 2.45) is 17.8 Å². The van der Waals surface area contributed by atoms with Gasteiger partial charge < -0.3 is 25.6 Å². The Morgan fingerprint density at radius 3 is 2.24 bits per heavy atom. The quantitative estimate of drug-likeness (QED) is 0.457. The van der Waals surface area contributed by atoms with Crippen LogP contribution in [0.3, 0.4) is 0 Å². The van der Waals surface area contributed by atoms with Crippen LogP contribution in [0.5, 0.6) is 0 Å². The maximum Gasteiger partial charge on any atom is 0.339 e. The Morgan fingerprint density at radius 2 is 1.64 bits per heavy atom. The number of ether oxygens (including phenoxy) is 1. The van der Waals surface area contributed by atoms with E-state index in [0.717, 1.165) is 43.7 Å². The fraction of sp³-hybridized carbons (Fsp3) is 0.640. The molecule has 0 unspecified atom stereocenters. The van der Waals surface area contributed by atoms with Gasteiger partial charge in [0.15, 0.2) is 5.11 Å². The van der Waals surface area contributed by atoms with E-state index in [1.165, 1.54) is 45.6 Å². The summed E-state index contributed by atoms with van der Waals surface area (Å²) in [5.74, 6) is 2.06. The molecule has 0 aromatic heterocycles. The average molecular weight is 471 g/mol. The number of carbonyl (C=O) groups is 2. The molecule has 0 radical (unpaired) electrons. The number of hydrogen-bond acceptors (Lipinski definition) is 4. The highest BCUT2D eigenvalue weighted by Gasteiger charge is 2.51.